The molecule has 0 aliphatic heterocycles. The van der Waals surface area contributed by atoms with Crippen LogP contribution in [0.25, 0.3) is 11.2 Å². The van der Waals surface area contributed by atoms with E-state index in [4.69, 9.17) is 9.47 Å². The number of aliphatic hydroxyl groups excluding tert-OH is 1. The van der Waals surface area contributed by atoms with Crippen LogP contribution in [-0.2, 0) is 31.3 Å². The predicted molar refractivity (Wildman–Crippen MR) is 172 cm³/mol. The summed E-state index contributed by atoms with van der Waals surface area (Å²) in [6, 6.07) is 23.9. The summed E-state index contributed by atoms with van der Waals surface area (Å²) in [5.41, 5.74) is -0.211. The normalized spacial score (nSPS) is 12.0. The zero-order chi connectivity index (χ0) is 33.6. The van der Waals surface area contributed by atoms with E-state index >= 15 is 0 Å². The maximum absolute atomic E-state index is 13.9. The second kappa shape index (κ2) is 14.1. The van der Waals surface area contributed by atoms with Gasteiger partial charge in [0, 0.05) is 22.6 Å². The molecule has 13 heteroatoms. The van der Waals surface area contributed by atoms with E-state index in [0.29, 0.717) is 22.4 Å². The van der Waals surface area contributed by atoms with E-state index in [0.717, 1.165) is 0 Å². The van der Waals surface area contributed by atoms with Crippen molar-refractivity contribution in [1.82, 2.24) is 24.8 Å². The number of hydrogen-bond donors (Lipinski definition) is 4. The number of ether oxygens (including phenoxy) is 2. The Balaban J connectivity index is 1.44. The number of aromatic amines is 1. The zero-order valence-corrected chi connectivity index (χ0v) is 26.0. The van der Waals surface area contributed by atoms with Crippen molar-refractivity contribution in [3.8, 4) is 5.75 Å². The zero-order valence-electron chi connectivity index (χ0n) is 26.0. The van der Waals surface area contributed by atoms with Crippen molar-refractivity contribution in [1.29, 1.82) is 0 Å². The summed E-state index contributed by atoms with van der Waals surface area (Å²) in [7, 11) is 1.55. The number of carbonyl (C=O) groups is 3. The molecule has 5 aromatic rings. The SMILES string of the molecule is COc1ccc(C(OC(=O)[C@H](CO)NC(=O)Cn2cnc3c(=O)[nH]c(NC(=O)C(C)C)nc32)(c2ccccc2)c2ccccc2)cc1. The van der Waals surface area contributed by atoms with Crippen molar-refractivity contribution in [2.45, 2.75) is 32.0 Å². The highest BCUT2D eigenvalue weighted by atomic mass is 16.6. The maximum atomic E-state index is 13.9. The molecule has 0 saturated heterocycles. The van der Waals surface area contributed by atoms with Crippen LogP contribution >= 0.6 is 0 Å². The number of methoxy groups -OCH3 is 1. The number of hydrogen-bond acceptors (Lipinski definition) is 9. The molecule has 4 N–H and O–H groups in total. The van der Waals surface area contributed by atoms with E-state index in [-0.39, 0.29) is 28.9 Å². The first kappa shape index (κ1) is 32.6. The molecule has 0 radical (unpaired) electrons. The fraction of sp³-hybridized carbons (Fsp3) is 0.235. The van der Waals surface area contributed by atoms with Crippen molar-refractivity contribution in [2.75, 3.05) is 19.0 Å². The minimum Gasteiger partial charge on any atom is -0.497 e. The summed E-state index contributed by atoms with van der Waals surface area (Å²) in [5.74, 6) is -1.81. The van der Waals surface area contributed by atoms with Gasteiger partial charge in [-0.15, -0.1) is 0 Å². The van der Waals surface area contributed by atoms with Gasteiger partial charge in [0.25, 0.3) is 5.56 Å². The van der Waals surface area contributed by atoms with Crippen LogP contribution in [0.4, 0.5) is 5.95 Å². The number of rotatable bonds is 12. The molecule has 0 saturated carbocycles. The summed E-state index contributed by atoms with van der Waals surface area (Å²) in [4.78, 5) is 62.6. The van der Waals surface area contributed by atoms with Crippen LogP contribution < -0.4 is 20.9 Å². The first-order valence-corrected chi connectivity index (χ1v) is 14.8. The molecule has 0 aliphatic carbocycles. The van der Waals surface area contributed by atoms with Crippen LogP contribution in [0.5, 0.6) is 5.75 Å². The highest BCUT2D eigenvalue weighted by Crippen LogP contribution is 2.41. The molecule has 47 heavy (non-hydrogen) atoms. The lowest BCUT2D eigenvalue weighted by atomic mass is 9.80. The van der Waals surface area contributed by atoms with E-state index in [1.807, 2.05) is 60.7 Å². The average Bonchev–Trinajstić information content (AvgIpc) is 3.49. The second-order valence-electron chi connectivity index (χ2n) is 11.0. The van der Waals surface area contributed by atoms with E-state index in [1.54, 1.807) is 45.2 Å². The predicted octanol–water partition coefficient (Wildman–Crippen LogP) is 2.74. The standard InChI is InChI=1S/C34H34N6O7/c1-21(2)30(43)38-33-37-29-28(31(44)39-33)35-20-40(29)18-27(42)36-26(19-41)32(45)47-34(22-10-6-4-7-11-22,23-12-8-5-9-13-23)24-14-16-25(46-3)17-15-24/h4-17,20-21,26,41H,18-19H2,1-3H3,(H,36,42)(H2,37,38,39,43,44)/t26-/m0/s1. The van der Waals surface area contributed by atoms with Crippen molar-refractivity contribution in [3.63, 3.8) is 0 Å². The number of amides is 2. The Morgan fingerprint density at radius 1 is 0.936 bits per heavy atom. The van der Waals surface area contributed by atoms with Crippen LogP contribution in [0.3, 0.4) is 0 Å². The summed E-state index contributed by atoms with van der Waals surface area (Å²) in [5, 5.41) is 15.3. The lowest BCUT2D eigenvalue weighted by molar-refractivity contribution is -0.158. The van der Waals surface area contributed by atoms with Gasteiger partial charge in [-0.1, -0.05) is 86.6 Å². The van der Waals surface area contributed by atoms with Crippen LogP contribution in [0, 0.1) is 5.92 Å². The molecule has 13 nitrogen and oxygen atoms in total. The fourth-order valence-electron chi connectivity index (χ4n) is 5.03. The van der Waals surface area contributed by atoms with E-state index < -0.39 is 42.2 Å². The van der Waals surface area contributed by atoms with Crippen molar-refractivity contribution < 1.29 is 29.0 Å². The van der Waals surface area contributed by atoms with Crippen molar-refractivity contribution >= 4 is 34.9 Å². The van der Waals surface area contributed by atoms with Crippen molar-refractivity contribution in [2.24, 2.45) is 5.92 Å². The number of benzene rings is 3. The smallest absolute Gasteiger partial charge is 0.332 e. The van der Waals surface area contributed by atoms with Crippen LogP contribution in [0.15, 0.2) is 96.1 Å². The third-order valence-corrected chi connectivity index (χ3v) is 7.47. The lowest BCUT2D eigenvalue weighted by Gasteiger charge is -2.36. The number of H-pyrrole nitrogens is 1. The molecule has 0 unspecified atom stereocenters. The molecule has 0 bridgehead atoms. The Kier molecular flexibility index (Phi) is 9.76. The van der Waals surface area contributed by atoms with Crippen LogP contribution in [-0.4, -0.2) is 62.2 Å². The first-order valence-electron chi connectivity index (χ1n) is 14.8. The van der Waals surface area contributed by atoms with Gasteiger partial charge in [-0.2, -0.15) is 4.98 Å². The molecule has 1 atom stereocenters. The first-order chi connectivity index (χ1) is 22.7. The summed E-state index contributed by atoms with van der Waals surface area (Å²) < 4.78 is 13.0. The minimum absolute atomic E-state index is 0.0396. The minimum atomic E-state index is -1.47. The molecule has 0 aliphatic rings. The second-order valence-corrected chi connectivity index (χ2v) is 11.0. The number of nitrogens with one attached hydrogen (secondary N) is 3. The number of imidazole rings is 1. The molecule has 3 aromatic carbocycles. The number of aromatic nitrogens is 4. The number of esters is 1. The van der Waals surface area contributed by atoms with E-state index in [2.05, 4.69) is 25.6 Å². The maximum Gasteiger partial charge on any atom is 0.332 e. The molecule has 2 amide bonds. The molecule has 242 valence electrons. The quantitative estimate of drug-likeness (QED) is 0.118. The van der Waals surface area contributed by atoms with Gasteiger partial charge < -0.3 is 24.5 Å². The molecule has 5 rings (SSSR count). The Hall–Kier alpha value is -5.82. The van der Waals surface area contributed by atoms with Gasteiger partial charge in [0.05, 0.1) is 20.0 Å². The average molecular weight is 639 g/mol. The third-order valence-electron chi connectivity index (χ3n) is 7.47. The van der Waals surface area contributed by atoms with Crippen LogP contribution in [0.1, 0.15) is 30.5 Å². The molecule has 0 fully saturated rings. The van der Waals surface area contributed by atoms with Gasteiger partial charge in [-0.05, 0) is 12.1 Å². The van der Waals surface area contributed by atoms with Gasteiger partial charge in [0.2, 0.25) is 17.8 Å². The lowest BCUT2D eigenvalue weighted by Crippen LogP contribution is -2.48. The molecule has 2 aromatic heterocycles. The van der Waals surface area contributed by atoms with Gasteiger partial charge >= 0.3 is 5.97 Å². The Labute approximate surface area is 269 Å². The largest absolute Gasteiger partial charge is 0.497 e. The Bertz CT molecular complexity index is 1880. The topological polar surface area (TPSA) is 178 Å². The molecular weight excluding hydrogens is 604 g/mol. The monoisotopic (exact) mass is 638 g/mol. The van der Waals surface area contributed by atoms with E-state index in [9.17, 15) is 24.3 Å². The van der Waals surface area contributed by atoms with E-state index in [1.165, 1.54) is 10.9 Å². The van der Waals surface area contributed by atoms with Crippen molar-refractivity contribution in [3.05, 3.63) is 118 Å². The van der Waals surface area contributed by atoms with Gasteiger partial charge in [-0.25, -0.2) is 9.78 Å². The number of nitrogens with zero attached hydrogens (tertiary/aromatic N) is 3. The van der Waals surface area contributed by atoms with Crippen LogP contribution in [0.2, 0.25) is 0 Å². The summed E-state index contributed by atoms with van der Waals surface area (Å²) in [6.07, 6.45) is 1.24. The van der Waals surface area contributed by atoms with Gasteiger partial charge in [-0.3, -0.25) is 24.7 Å². The third kappa shape index (κ3) is 6.89. The highest BCUT2D eigenvalue weighted by molar-refractivity contribution is 5.91. The Morgan fingerprint density at radius 3 is 2.09 bits per heavy atom. The summed E-state index contributed by atoms with van der Waals surface area (Å²) >= 11 is 0. The number of anilines is 1. The highest BCUT2D eigenvalue weighted by Gasteiger charge is 2.42. The number of fused-ring (bicyclic) bond motifs is 1. The van der Waals surface area contributed by atoms with Gasteiger partial charge in [0.15, 0.2) is 22.8 Å². The Morgan fingerprint density at radius 2 is 1.53 bits per heavy atom. The number of carbonyl (C=O) groups excluding carboxylic acids is 3. The molecule has 2 heterocycles. The molecular formula is C34H34N6O7. The fourth-order valence-corrected chi connectivity index (χ4v) is 5.03. The van der Waals surface area contributed by atoms with Gasteiger partial charge in [0.1, 0.15) is 12.3 Å². The number of aliphatic hydroxyl groups is 1. The molecule has 0 spiro atoms. The summed E-state index contributed by atoms with van der Waals surface area (Å²) in [6.45, 7) is 2.20.